The number of nitrogens with zero attached hydrogens (tertiary/aromatic N) is 4. The van der Waals surface area contributed by atoms with Crippen LogP contribution in [0.1, 0.15) is 67.8 Å². The number of carbonyl (C=O) groups is 3. The molecular weight excluding hydrogens is 560 g/mol. The van der Waals surface area contributed by atoms with Crippen LogP contribution in [0.25, 0.3) is 11.3 Å². The second kappa shape index (κ2) is 12.9. The first kappa shape index (κ1) is 32.2. The van der Waals surface area contributed by atoms with Gasteiger partial charge in [-0.2, -0.15) is 0 Å². The predicted octanol–water partition coefficient (Wildman–Crippen LogP) is 5.57. The van der Waals surface area contributed by atoms with Crippen molar-refractivity contribution >= 4 is 35.3 Å². The van der Waals surface area contributed by atoms with Crippen molar-refractivity contribution in [3.05, 3.63) is 65.4 Å². The van der Waals surface area contributed by atoms with Crippen LogP contribution in [0, 0.1) is 6.92 Å². The number of amides is 2. The fraction of sp³-hybridized carbons (Fsp3) is 0.424. The summed E-state index contributed by atoms with van der Waals surface area (Å²) in [6.45, 7) is 15.2. The van der Waals surface area contributed by atoms with Crippen molar-refractivity contribution in [2.24, 2.45) is 0 Å². The van der Waals surface area contributed by atoms with Crippen LogP contribution in [0.15, 0.2) is 48.7 Å². The van der Waals surface area contributed by atoms with E-state index in [1.54, 1.807) is 35.4 Å². The largest absolute Gasteiger partial charge is 0.465 e. The molecule has 0 atom stereocenters. The highest BCUT2D eigenvalue weighted by Crippen LogP contribution is 2.28. The Morgan fingerprint density at radius 3 is 2.27 bits per heavy atom. The van der Waals surface area contributed by atoms with Crippen LogP contribution < -0.4 is 15.5 Å². The number of carbonyl (C=O) groups excluding carboxylic acids is 3. The predicted molar refractivity (Wildman–Crippen MR) is 171 cm³/mol. The summed E-state index contributed by atoms with van der Waals surface area (Å²) < 4.78 is 10.4. The Morgan fingerprint density at radius 1 is 0.932 bits per heavy atom. The minimum atomic E-state index is -0.569. The number of nitrogens with one attached hydrogen (secondary N) is 2. The number of hydrogen-bond acceptors (Lipinski definition) is 9. The van der Waals surface area contributed by atoms with Crippen LogP contribution in [0.3, 0.4) is 0 Å². The lowest BCUT2D eigenvalue weighted by Gasteiger charge is -2.36. The van der Waals surface area contributed by atoms with Gasteiger partial charge in [0.25, 0.3) is 5.91 Å². The Kier molecular flexibility index (Phi) is 9.46. The first-order valence-corrected chi connectivity index (χ1v) is 14.6. The molecular formula is C33H42N6O5. The molecule has 1 fully saturated rings. The smallest absolute Gasteiger partial charge is 0.410 e. The molecule has 0 aliphatic carbocycles. The van der Waals surface area contributed by atoms with Crippen LogP contribution in [0.4, 0.5) is 22.1 Å². The zero-order valence-electron chi connectivity index (χ0n) is 26.8. The van der Waals surface area contributed by atoms with E-state index in [-0.39, 0.29) is 12.0 Å². The molecule has 1 aliphatic heterocycles. The van der Waals surface area contributed by atoms with Gasteiger partial charge >= 0.3 is 12.1 Å². The Labute approximate surface area is 259 Å². The molecule has 0 spiro atoms. The van der Waals surface area contributed by atoms with Crippen LogP contribution in [0.5, 0.6) is 0 Å². The third-order valence-electron chi connectivity index (χ3n) is 6.88. The van der Waals surface area contributed by atoms with Gasteiger partial charge in [-0.1, -0.05) is 6.07 Å². The Bertz CT molecular complexity index is 1530. The van der Waals surface area contributed by atoms with Crippen molar-refractivity contribution in [3.63, 3.8) is 0 Å². The highest BCUT2D eigenvalue weighted by Gasteiger charge is 2.27. The summed E-state index contributed by atoms with van der Waals surface area (Å²) in [6.07, 6.45) is 1.33. The molecule has 3 aromatic rings. The molecule has 0 saturated carbocycles. The van der Waals surface area contributed by atoms with Crippen molar-refractivity contribution < 1.29 is 23.9 Å². The minimum absolute atomic E-state index is 0.211. The zero-order valence-corrected chi connectivity index (χ0v) is 26.8. The van der Waals surface area contributed by atoms with E-state index < -0.39 is 17.1 Å². The SMILES string of the molecule is COC(=O)c1cccc(Nc2cc(-c3cc(C(=O)NC(C)(C)C)cc(N4CCN(C(=O)OC(C)(C)C)CC4)n3)ccn2)c1C. The Hall–Kier alpha value is -4.67. The molecule has 0 bridgehead atoms. The molecule has 0 unspecified atom stereocenters. The highest BCUT2D eigenvalue weighted by molar-refractivity contribution is 5.96. The molecule has 11 heteroatoms. The minimum Gasteiger partial charge on any atom is -0.465 e. The van der Waals surface area contributed by atoms with Crippen molar-refractivity contribution in [3.8, 4) is 11.3 Å². The number of aromatic nitrogens is 2. The fourth-order valence-electron chi connectivity index (χ4n) is 4.71. The molecule has 1 aliphatic rings. The number of rotatable bonds is 6. The second-order valence-corrected chi connectivity index (χ2v) is 12.8. The maximum atomic E-state index is 13.3. The van der Waals surface area contributed by atoms with Gasteiger partial charge in [0.1, 0.15) is 17.2 Å². The number of ether oxygens (including phenoxy) is 2. The number of piperazine rings is 1. The third-order valence-corrected chi connectivity index (χ3v) is 6.88. The first-order chi connectivity index (χ1) is 20.6. The standard InChI is InChI=1S/C33H42N6O5/c1-21-24(30(41)43-8)10-9-11-25(21)35-27-19-22(12-13-34-27)26-18-23(29(40)37-32(2,3)4)20-28(36-26)38-14-16-39(17-15-38)31(42)44-33(5,6)7/h9-13,18-20H,14-17H2,1-8H3,(H,34,35)(H,37,40). The average Bonchev–Trinajstić information content (AvgIpc) is 2.96. The van der Waals surface area contributed by atoms with Gasteiger partial charge in [0, 0.05) is 54.7 Å². The van der Waals surface area contributed by atoms with Gasteiger partial charge in [-0.15, -0.1) is 0 Å². The van der Waals surface area contributed by atoms with E-state index in [0.717, 1.165) is 11.1 Å². The lowest BCUT2D eigenvalue weighted by atomic mass is 10.1. The molecule has 44 heavy (non-hydrogen) atoms. The highest BCUT2D eigenvalue weighted by atomic mass is 16.6. The maximum absolute atomic E-state index is 13.3. The molecule has 1 saturated heterocycles. The summed E-state index contributed by atoms with van der Waals surface area (Å²) >= 11 is 0. The lowest BCUT2D eigenvalue weighted by molar-refractivity contribution is 0.0240. The molecule has 0 radical (unpaired) electrons. The summed E-state index contributed by atoms with van der Waals surface area (Å²) in [6, 6.07) is 12.6. The number of anilines is 3. The molecule has 2 N–H and O–H groups in total. The van der Waals surface area contributed by atoms with Gasteiger partial charge in [-0.25, -0.2) is 19.6 Å². The van der Waals surface area contributed by atoms with Crippen molar-refractivity contribution in [1.29, 1.82) is 0 Å². The van der Waals surface area contributed by atoms with Crippen molar-refractivity contribution in [2.45, 2.75) is 59.6 Å². The fourth-order valence-corrected chi connectivity index (χ4v) is 4.71. The van der Waals surface area contributed by atoms with Gasteiger partial charge in [0.05, 0.1) is 18.4 Å². The molecule has 3 heterocycles. The summed E-state index contributed by atoms with van der Waals surface area (Å²) in [5.41, 5.74) is 2.74. The normalized spacial score (nSPS) is 13.7. The molecule has 234 valence electrons. The average molecular weight is 603 g/mol. The van der Waals surface area contributed by atoms with Gasteiger partial charge in [0.15, 0.2) is 0 Å². The molecule has 11 nitrogen and oxygen atoms in total. The van der Waals surface area contributed by atoms with Crippen molar-refractivity contribution in [1.82, 2.24) is 20.2 Å². The summed E-state index contributed by atoms with van der Waals surface area (Å²) in [5, 5.41) is 6.33. The van der Waals surface area contributed by atoms with E-state index in [2.05, 4.69) is 20.5 Å². The van der Waals surface area contributed by atoms with Crippen molar-refractivity contribution in [2.75, 3.05) is 43.5 Å². The van der Waals surface area contributed by atoms with Gasteiger partial charge in [-0.3, -0.25) is 4.79 Å². The van der Waals surface area contributed by atoms with Gasteiger partial charge in [0.2, 0.25) is 0 Å². The maximum Gasteiger partial charge on any atom is 0.410 e. The monoisotopic (exact) mass is 602 g/mol. The van der Waals surface area contributed by atoms with E-state index in [4.69, 9.17) is 14.5 Å². The number of benzene rings is 1. The number of hydrogen-bond donors (Lipinski definition) is 2. The zero-order chi connectivity index (χ0) is 32.2. The van der Waals surface area contributed by atoms with E-state index in [1.165, 1.54) is 7.11 Å². The molecule has 1 aromatic carbocycles. The number of esters is 1. The summed E-state index contributed by atoms with van der Waals surface area (Å²) in [4.78, 5) is 51.3. The topological polar surface area (TPSA) is 126 Å². The summed E-state index contributed by atoms with van der Waals surface area (Å²) in [7, 11) is 1.35. The van der Waals surface area contributed by atoms with Crippen LogP contribution >= 0.6 is 0 Å². The lowest BCUT2D eigenvalue weighted by Crippen LogP contribution is -2.50. The quantitative estimate of drug-likeness (QED) is 0.348. The Morgan fingerprint density at radius 2 is 1.64 bits per heavy atom. The van der Waals surface area contributed by atoms with E-state index >= 15 is 0 Å². The molecule has 2 amide bonds. The third kappa shape index (κ3) is 8.24. The number of pyridine rings is 2. The Balaban J connectivity index is 1.64. The summed E-state index contributed by atoms with van der Waals surface area (Å²) in [5.74, 6) is 0.559. The van der Waals surface area contributed by atoms with Crippen LogP contribution in [-0.4, -0.2) is 77.3 Å². The first-order valence-electron chi connectivity index (χ1n) is 14.6. The van der Waals surface area contributed by atoms with E-state index in [1.807, 2.05) is 66.7 Å². The van der Waals surface area contributed by atoms with Gasteiger partial charge in [-0.05, 0) is 90.4 Å². The second-order valence-electron chi connectivity index (χ2n) is 12.8. The van der Waals surface area contributed by atoms with E-state index in [9.17, 15) is 14.4 Å². The van der Waals surface area contributed by atoms with Crippen LogP contribution in [0.2, 0.25) is 0 Å². The molecule has 2 aromatic heterocycles. The number of methoxy groups -OCH3 is 1. The van der Waals surface area contributed by atoms with Gasteiger partial charge < -0.3 is 29.9 Å². The molecule has 4 rings (SSSR count). The van der Waals surface area contributed by atoms with E-state index in [0.29, 0.717) is 60.3 Å². The van der Waals surface area contributed by atoms with Crippen LogP contribution in [-0.2, 0) is 9.47 Å².